The van der Waals surface area contributed by atoms with Crippen molar-refractivity contribution >= 4 is 17.6 Å². The number of amides is 1. The fourth-order valence-electron chi connectivity index (χ4n) is 2.87. The fraction of sp³-hybridized carbons (Fsp3) is 0.467. The Balaban J connectivity index is 1.83. The first-order valence-corrected chi connectivity index (χ1v) is 6.83. The van der Waals surface area contributed by atoms with Crippen molar-refractivity contribution in [2.45, 2.75) is 19.3 Å². The Morgan fingerprint density at radius 1 is 1.35 bits per heavy atom. The minimum atomic E-state index is -0.865. The molecule has 1 fully saturated rings. The second-order valence-corrected chi connectivity index (χ2v) is 5.37. The summed E-state index contributed by atoms with van der Waals surface area (Å²) in [6.07, 6.45) is 2.29. The number of aryl methyl sites for hydroxylation is 1. The summed E-state index contributed by atoms with van der Waals surface area (Å²) in [6.45, 7) is 0.668. The molecule has 5 nitrogen and oxygen atoms in total. The van der Waals surface area contributed by atoms with E-state index in [1.807, 2.05) is 18.2 Å². The quantitative estimate of drug-likeness (QED) is 0.911. The Hall–Kier alpha value is -2.04. The van der Waals surface area contributed by atoms with Gasteiger partial charge in [0.25, 0.3) is 0 Å². The molecule has 2 atom stereocenters. The summed E-state index contributed by atoms with van der Waals surface area (Å²) in [5.74, 6) is -0.974. The zero-order valence-corrected chi connectivity index (χ0v) is 11.3. The molecule has 0 saturated heterocycles. The lowest BCUT2D eigenvalue weighted by molar-refractivity contribution is -0.140. The van der Waals surface area contributed by atoms with E-state index in [0.717, 1.165) is 29.8 Å². The first kappa shape index (κ1) is 13.0. The van der Waals surface area contributed by atoms with Crippen molar-refractivity contribution < 1.29 is 19.4 Å². The Morgan fingerprint density at radius 3 is 2.80 bits per heavy atom. The zero-order valence-electron chi connectivity index (χ0n) is 11.3. The van der Waals surface area contributed by atoms with E-state index in [1.165, 1.54) is 0 Å². The minimum Gasteiger partial charge on any atom is -0.497 e. The van der Waals surface area contributed by atoms with Gasteiger partial charge >= 0.3 is 5.97 Å². The predicted octanol–water partition coefficient (Wildman–Crippen LogP) is 1.70. The lowest BCUT2D eigenvalue weighted by atomic mass is 10.0. The highest BCUT2D eigenvalue weighted by atomic mass is 16.5. The van der Waals surface area contributed by atoms with Crippen molar-refractivity contribution in [3.8, 4) is 5.75 Å². The van der Waals surface area contributed by atoms with Crippen LogP contribution in [-0.4, -0.2) is 30.6 Å². The number of methoxy groups -OCH3 is 1. The molecule has 20 heavy (non-hydrogen) atoms. The number of fused-ring (bicyclic) bond motifs is 1. The van der Waals surface area contributed by atoms with Crippen molar-refractivity contribution in [3.63, 3.8) is 0 Å². The minimum absolute atomic E-state index is 0.0523. The third kappa shape index (κ3) is 2.13. The molecule has 0 unspecified atom stereocenters. The van der Waals surface area contributed by atoms with Crippen LogP contribution in [-0.2, 0) is 16.0 Å². The molecule has 1 heterocycles. The second kappa shape index (κ2) is 4.81. The Morgan fingerprint density at radius 2 is 2.15 bits per heavy atom. The van der Waals surface area contributed by atoms with Crippen LogP contribution in [0.1, 0.15) is 18.4 Å². The molecule has 2 aliphatic rings. The molecule has 0 spiro atoms. The number of carbonyl (C=O) groups excluding carboxylic acids is 1. The molecule has 1 aliphatic heterocycles. The first-order chi connectivity index (χ1) is 9.61. The Bertz CT molecular complexity index is 569. The van der Waals surface area contributed by atoms with Crippen LogP contribution >= 0.6 is 0 Å². The van der Waals surface area contributed by atoms with Gasteiger partial charge in [0.05, 0.1) is 18.9 Å². The molecule has 1 aromatic rings. The van der Waals surface area contributed by atoms with Gasteiger partial charge in [0.2, 0.25) is 5.91 Å². The molecule has 106 valence electrons. The number of nitrogens with zero attached hydrogens (tertiary/aromatic N) is 1. The maximum Gasteiger partial charge on any atom is 0.307 e. The van der Waals surface area contributed by atoms with Crippen LogP contribution in [0.2, 0.25) is 0 Å². The van der Waals surface area contributed by atoms with Gasteiger partial charge in [0.15, 0.2) is 0 Å². The van der Waals surface area contributed by atoms with Crippen LogP contribution in [0.5, 0.6) is 5.75 Å². The van der Waals surface area contributed by atoms with Crippen molar-refractivity contribution in [2.24, 2.45) is 11.8 Å². The van der Waals surface area contributed by atoms with Gasteiger partial charge in [-0.15, -0.1) is 0 Å². The summed E-state index contributed by atoms with van der Waals surface area (Å²) >= 11 is 0. The summed E-state index contributed by atoms with van der Waals surface area (Å²) < 4.78 is 5.20. The Kier molecular flexibility index (Phi) is 3.12. The summed E-state index contributed by atoms with van der Waals surface area (Å²) in [5.41, 5.74) is 1.99. The molecule has 0 aromatic heterocycles. The fourth-order valence-corrected chi connectivity index (χ4v) is 2.87. The lowest BCUT2D eigenvalue weighted by Crippen LogP contribution is -2.37. The van der Waals surface area contributed by atoms with E-state index < -0.39 is 11.9 Å². The summed E-state index contributed by atoms with van der Waals surface area (Å²) in [4.78, 5) is 25.1. The highest BCUT2D eigenvalue weighted by Gasteiger charge is 2.50. The van der Waals surface area contributed by atoms with Crippen molar-refractivity contribution in [1.82, 2.24) is 0 Å². The van der Waals surface area contributed by atoms with Crippen molar-refractivity contribution in [3.05, 3.63) is 23.8 Å². The van der Waals surface area contributed by atoms with Gasteiger partial charge in [-0.25, -0.2) is 0 Å². The van der Waals surface area contributed by atoms with Gasteiger partial charge in [-0.05, 0) is 43.0 Å². The molecule has 0 radical (unpaired) electrons. The van der Waals surface area contributed by atoms with Gasteiger partial charge in [-0.2, -0.15) is 0 Å². The van der Waals surface area contributed by atoms with Crippen LogP contribution < -0.4 is 9.64 Å². The van der Waals surface area contributed by atoms with Crippen LogP contribution in [0.15, 0.2) is 18.2 Å². The summed E-state index contributed by atoms with van der Waals surface area (Å²) in [6, 6.07) is 5.69. The predicted molar refractivity (Wildman–Crippen MR) is 72.9 cm³/mol. The first-order valence-electron chi connectivity index (χ1n) is 6.83. The van der Waals surface area contributed by atoms with Gasteiger partial charge in [-0.3, -0.25) is 9.59 Å². The van der Waals surface area contributed by atoms with Crippen LogP contribution in [0.4, 0.5) is 5.69 Å². The summed E-state index contributed by atoms with van der Waals surface area (Å²) in [7, 11) is 1.62. The monoisotopic (exact) mass is 275 g/mol. The van der Waals surface area contributed by atoms with Crippen LogP contribution in [0, 0.1) is 11.8 Å². The molecular weight excluding hydrogens is 258 g/mol. The molecule has 1 aliphatic carbocycles. The molecule has 5 heteroatoms. The molecule has 1 saturated carbocycles. The standard InChI is InChI=1S/C15H17NO4/c1-20-10-4-5-13-9(7-10)3-2-6-16(13)14(17)11-8-12(11)15(18)19/h4-5,7,11-12H,2-3,6,8H2,1H3,(H,18,19)/t11-,12+/m1/s1. The van der Waals surface area contributed by atoms with E-state index in [9.17, 15) is 9.59 Å². The van der Waals surface area contributed by atoms with E-state index in [2.05, 4.69) is 0 Å². The highest BCUT2D eigenvalue weighted by Crippen LogP contribution is 2.42. The molecule has 1 N–H and O–H groups in total. The van der Waals surface area contributed by atoms with E-state index in [4.69, 9.17) is 9.84 Å². The largest absolute Gasteiger partial charge is 0.497 e. The van der Waals surface area contributed by atoms with Gasteiger partial charge < -0.3 is 14.7 Å². The van der Waals surface area contributed by atoms with Crippen molar-refractivity contribution in [2.75, 3.05) is 18.6 Å². The topological polar surface area (TPSA) is 66.8 Å². The third-order valence-electron chi connectivity index (χ3n) is 4.10. The highest BCUT2D eigenvalue weighted by molar-refractivity contribution is 6.00. The van der Waals surface area contributed by atoms with Crippen LogP contribution in [0.3, 0.4) is 0 Å². The maximum absolute atomic E-state index is 12.4. The van der Waals surface area contributed by atoms with Crippen molar-refractivity contribution in [1.29, 1.82) is 0 Å². The number of hydrogen-bond donors (Lipinski definition) is 1. The molecular formula is C15H17NO4. The SMILES string of the molecule is COc1ccc2c(c1)CCCN2C(=O)[C@@H]1C[C@@H]1C(=O)O. The number of benzene rings is 1. The van der Waals surface area contributed by atoms with Gasteiger partial charge in [0, 0.05) is 12.2 Å². The van der Waals surface area contributed by atoms with Gasteiger partial charge in [-0.1, -0.05) is 0 Å². The Labute approximate surface area is 117 Å². The molecule has 3 rings (SSSR count). The number of carbonyl (C=O) groups is 2. The number of anilines is 1. The number of hydrogen-bond acceptors (Lipinski definition) is 3. The number of carboxylic acids is 1. The summed E-state index contributed by atoms with van der Waals surface area (Å²) in [5, 5.41) is 8.95. The van der Waals surface area contributed by atoms with E-state index in [1.54, 1.807) is 12.0 Å². The zero-order chi connectivity index (χ0) is 14.3. The average molecular weight is 275 g/mol. The number of ether oxygens (including phenoxy) is 1. The number of carboxylic acid groups (broad SMARTS) is 1. The molecule has 1 aromatic carbocycles. The second-order valence-electron chi connectivity index (χ2n) is 5.37. The van der Waals surface area contributed by atoms with E-state index in [-0.39, 0.29) is 11.8 Å². The third-order valence-corrected chi connectivity index (χ3v) is 4.10. The lowest BCUT2D eigenvalue weighted by Gasteiger charge is -2.30. The van der Waals surface area contributed by atoms with Gasteiger partial charge in [0.1, 0.15) is 5.75 Å². The molecule has 1 amide bonds. The molecule has 0 bridgehead atoms. The number of aliphatic carboxylic acids is 1. The smallest absolute Gasteiger partial charge is 0.307 e. The normalized spacial score (nSPS) is 23.9. The average Bonchev–Trinajstić information content (AvgIpc) is 3.26. The van der Waals surface area contributed by atoms with E-state index >= 15 is 0 Å². The van der Waals surface area contributed by atoms with Crippen LogP contribution in [0.25, 0.3) is 0 Å². The number of rotatable bonds is 3. The van der Waals surface area contributed by atoms with E-state index in [0.29, 0.717) is 13.0 Å². The maximum atomic E-state index is 12.4.